The van der Waals surface area contributed by atoms with Gasteiger partial charge in [-0.25, -0.2) is 0 Å². The standard InChI is InChI=1S/C42H52O20/c1-15-10-20-27(31(48)29-28(32(20)51-7)22(11-21(45)30(29)47)58-25-13-38(6,49)35(16(2)55-25)57-19(5)44)33-26(15)34-36-41(60-33,39(14-54-39)42(61-34,62-36)37(52-8)53-9)59-24-12-23(46)40(50,17(3)43)18(4)56-24/h10,16,18,21-25,34-37,45-46,48-50H,11-14H2,1-9H3/t16-,18-,21+,22-,23+,24-,25-,34+,35+,36-,38+,39-,40+,41+,42+/m0/s1. The lowest BCUT2D eigenvalue weighted by Crippen LogP contribution is -2.72. The van der Waals surface area contributed by atoms with E-state index in [2.05, 4.69) is 0 Å². The van der Waals surface area contributed by atoms with Crippen molar-refractivity contribution in [1.29, 1.82) is 0 Å². The van der Waals surface area contributed by atoms with Gasteiger partial charge in [-0.15, -0.1) is 0 Å². The lowest BCUT2D eigenvalue weighted by molar-refractivity contribution is -0.385. The van der Waals surface area contributed by atoms with Gasteiger partial charge in [0.1, 0.15) is 35.1 Å². The molecular weight excluding hydrogens is 824 g/mol. The second-order valence-electron chi connectivity index (χ2n) is 17.5. The first-order chi connectivity index (χ1) is 29.2. The summed E-state index contributed by atoms with van der Waals surface area (Å²) in [5.74, 6) is -6.52. The van der Waals surface area contributed by atoms with Crippen molar-refractivity contribution in [1.82, 2.24) is 0 Å². The third-order valence-corrected chi connectivity index (χ3v) is 13.7. The van der Waals surface area contributed by atoms with E-state index >= 15 is 0 Å². The van der Waals surface area contributed by atoms with Gasteiger partial charge in [0, 0.05) is 56.9 Å². The molecule has 2 aromatic rings. The zero-order valence-corrected chi connectivity index (χ0v) is 35.6. The van der Waals surface area contributed by atoms with Crippen LogP contribution in [0.15, 0.2) is 6.07 Å². The first kappa shape index (κ1) is 43.6. The van der Waals surface area contributed by atoms with Crippen molar-refractivity contribution in [2.45, 2.75) is 157 Å². The van der Waals surface area contributed by atoms with E-state index in [-0.39, 0.29) is 52.8 Å². The Hall–Kier alpha value is -3.61. The van der Waals surface area contributed by atoms with Crippen LogP contribution in [0.5, 0.6) is 17.2 Å². The Labute approximate surface area is 355 Å². The number of aryl methyl sites for hydroxylation is 1. The van der Waals surface area contributed by atoms with Crippen LogP contribution in [0, 0.1) is 6.92 Å². The van der Waals surface area contributed by atoms with Gasteiger partial charge in [-0.2, -0.15) is 0 Å². The monoisotopic (exact) mass is 876 g/mol. The Balaban J connectivity index is 1.18. The maximum Gasteiger partial charge on any atom is 0.303 e. The van der Waals surface area contributed by atoms with Gasteiger partial charge < -0.3 is 82.4 Å². The zero-order chi connectivity index (χ0) is 44.8. The van der Waals surface area contributed by atoms with Crippen molar-refractivity contribution in [3.63, 3.8) is 0 Å². The molecule has 20 heteroatoms. The molecule has 0 aromatic heterocycles. The number of benzene rings is 2. The Kier molecular flexibility index (Phi) is 10.2. The summed E-state index contributed by atoms with van der Waals surface area (Å²) in [6, 6.07) is 1.71. The molecule has 2 aromatic carbocycles. The van der Waals surface area contributed by atoms with Crippen molar-refractivity contribution in [3.05, 3.63) is 28.3 Å². The Morgan fingerprint density at radius 2 is 1.68 bits per heavy atom. The van der Waals surface area contributed by atoms with Crippen LogP contribution in [-0.2, 0) is 57.0 Å². The van der Waals surface area contributed by atoms with E-state index in [0.717, 1.165) is 6.92 Å². The van der Waals surface area contributed by atoms with E-state index in [9.17, 15) is 39.9 Å². The average Bonchev–Trinajstić information content (AvgIpc) is 3.86. The highest BCUT2D eigenvalue weighted by atomic mass is 16.9. The summed E-state index contributed by atoms with van der Waals surface area (Å²) in [4.78, 5) is 38.4. The van der Waals surface area contributed by atoms with Gasteiger partial charge in [-0.3, -0.25) is 14.4 Å². The van der Waals surface area contributed by atoms with E-state index in [1.165, 1.54) is 42.1 Å². The van der Waals surface area contributed by atoms with E-state index < -0.39 is 126 Å². The predicted octanol–water partition coefficient (Wildman–Crippen LogP) is 1.16. The van der Waals surface area contributed by atoms with Crippen LogP contribution >= 0.6 is 0 Å². The molecular formula is C42H52O20. The first-order valence-electron chi connectivity index (χ1n) is 20.5. The number of aliphatic hydroxyl groups excluding tert-OH is 2. The largest absolute Gasteiger partial charge is 0.506 e. The summed E-state index contributed by atoms with van der Waals surface area (Å²) in [5, 5.41) is 57.6. The van der Waals surface area contributed by atoms with Crippen molar-refractivity contribution in [2.24, 2.45) is 0 Å². The molecule has 15 atom stereocenters. The number of ketones is 2. The highest BCUT2D eigenvalue weighted by molar-refractivity contribution is 6.13. The SMILES string of the molecule is COc1c2c(c(O)c3c4c(c(C)cc13)[C@H]1O[C@]3(C(OC)OC)O[C@@H]1[C@@](O[C@H]1C[C@@H](O)[C@@](O)(C(C)=O)[C@H](C)O1)(O4)[C@@]31CO1)C(=O)[C@H](O)C[C@@H]2O[C@H]1C[C@@](C)(O)[C@H](OC(C)=O)[C@H](C)O1. The number of hydrogen-bond acceptors (Lipinski definition) is 20. The van der Waals surface area contributed by atoms with Gasteiger partial charge in [-0.1, -0.05) is 0 Å². The molecule has 0 saturated carbocycles. The number of phenolic OH excluding ortho intramolecular Hbond substituents is 1. The van der Waals surface area contributed by atoms with Crippen molar-refractivity contribution >= 4 is 28.3 Å². The van der Waals surface area contributed by atoms with E-state index in [4.69, 9.17) is 56.8 Å². The van der Waals surface area contributed by atoms with Crippen LogP contribution in [0.1, 0.15) is 93.1 Å². The van der Waals surface area contributed by atoms with Gasteiger partial charge in [0.05, 0.1) is 49.1 Å². The van der Waals surface area contributed by atoms with Crippen LogP contribution in [-0.4, -0.2) is 155 Å². The summed E-state index contributed by atoms with van der Waals surface area (Å²) in [7, 11) is 4.14. The number of Topliss-reactive ketones (excluding diaryl/α,β-unsaturated/α-hetero) is 2. The molecule has 1 aliphatic carbocycles. The molecule has 6 aliphatic heterocycles. The second-order valence-corrected chi connectivity index (χ2v) is 17.5. The van der Waals surface area contributed by atoms with Crippen LogP contribution in [0.2, 0.25) is 0 Å². The topological polar surface area (TPSA) is 266 Å². The fourth-order valence-electron chi connectivity index (χ4n) is 10.8. The Bertz CT molecular complexity index is 2200. The smallest absolute Gasteiger partial charge is 0.303 e. The van der Waals surface area contributed by atoms with Crippen molar-refractivity contribution in [3.8, 4) is 17.2 Å². The highest BCUT2D eigenvalue weighted by Gasteiger charge is 2.94. The maximum absolute atomic E-state index is 14.1. The summed E-state index contributed by atoms with van der Waals surface area (Å²) in [6.45, 7) is 8.56. The lowest BCUT2D eigenvalue weighted by Gasteiger charge is -2.52. The number of rotatable bonds is 10. The molecule has 0 unspecified atom stereocenters. The first-order valence-corrected chi connectivity index (χ1v) is 20.5. The summed E-state index contributed by atoms with van der Waals surface area (Å²) in [5.41, 5.74) is -4.74. The number of esters is 1. The third-order valence-electron chi connectivity index (χ3n) is 13.7. The molecule has 6 heterocycles. The number of methoxy groups -OCH3 is 3. The van der Waals surface area contributed by atoms with Crippen molar-refractivity contribution in [2.75, 3.05) is 27.9 Å². The quantitative estimate of drug-likeness (QED) is 0.127. The fraction of sp³-hybridized carbons (Fsp3) is 0.690. The minimum Gasteiger partial charge on any atom is -0.506 e. The molecule has 5 fully saturated rings. The molecule has 1 spiro atoms. The van der Waals surface area contributed by atoms with Gasteiger partial charge in [0.2, 0.25) is 11.9 Å². The van der Waals surface area contributed by atoms with E-state index in [0.29, 0.717) is 11.1 Å². The molecule has 0 amide bonds. The second kappa shape index (κ2) is 14.4. The van der Waals surface area contributed by atoms with Gasteiger partial charge in [0.15, 0.2) is 42.0 Å². The summed E-state index contributed by atoms with van der Waals surface area (Å²) >= 11 is 0. The van der Waals surface area contributed by atoms with Crippen LogP contribution in [0.3, 0.4) is 0 Å². The zero-order valence-electron chi connectivity index (χ0n) is 35.6. The van der Waals surface area contributed by atoms with Gasteiger partial charge >= 0.3 is 5.97 Å². The molecule has 7 aliphatic rings. The average molecular weight is 877 g/mol. The number of ether oxygens (including phenoxy) is 12. The highest BCUT2D eigenvalue weighted by Crippen LogP contribution is 2.72. The van der Waals surface area contributed by atoms with Gasteiger partial charge in [-0.05, 0) is 46.2 Å². The number of carbonyl (C=O) groups is 3. The molecule has 0 radical (unpaired) electrons. The maximum atomic E-state index is 14.1. The molecule has 5 N–H and O–H groups in total. The third kappa shape index (κ3) is 5.69. The minimum atomic E-state index is -2.24. The molecule has 62 heavy (non-hydrogen) atoms. The normalized spacial score (nSPS) is 42.8. The molecule has 20 nitrogen and oxygen atoms in total. The van der Waals surface area contributed by atoms with Crippen LogP contribution in [0.25, 0.3) is 10.8 Å². The van der Waals surface area contributed by atoms with Gasteiger partial charge in [0.25, 0.3) is 11.6 Å². The number of aromatic hydroxyl groups is 1. The molecule has 5 saturated heterocycles. The summed E-state index contributed by atoms with van der Waals surface area (Å²) < 4.78 is 74.9. The van der Waals surface area contributed by atoms with Crippen molar-refractivity contribution < 1.29 is 96.8 Å². The minimum absolute atomic E-state index is 0.0211. The number of hydrogen-bond donors (Lipinski definition) is 5. The molecule has 2 bridgehead atoms. The lowest BCUT2D eigenvalue weighted by atomic mass is 9.77. The van der Waals surface area contributed by atoms with E-state index in [1.807, 2.05) is 0 Å². The van der Waals surface area contributed by atoms with Crippen LogP contribution < -0.4 is 9.47 Å². The number of phenols is 1. The number of epoxide rings is 1. The molecule has 340 valence electrons. The Morgan fingerprint density at radius 3 is 2.26 bits per heavy atom. The predicted molar refractivity (Wildman–Crippen MR) is 204 cm³/mol. The fourth-order valence-corrected chi connectivity index (χ4v) is 10.8. The number of carbonyl (C=O) groups excluding carboxylic acids is 3. The van der Waals surface area contributed by atoms with E-state index in [1.54, 1.807) is 19.9 Å². The molecule has 9 rings (SSSR count). The summed E-state index contributed by atoms with van der Waals surface area (Å²) in [6.07, 6.45) is -14.2. The van der Waals surface area contributed by atoms with Crippen LogP contribution in [0.4, 0.5) is 0 Å². The Morgan fingerprint density at radius 1 is 0.984 bits per heavy atom. The number of aliphatic hydroxyl groups is 4. The number of fused-ring (bicyclic) bond motifs is 8.